The first-order valence-electron chi connectivity index (χ1n) is 8.21. The summed E-state index contributed by atoms with van der Waals surface area (Å²) in [4.78, 5) is 9.90. The Morgan fingerprint density at radius 3 is 1.38 bits per heavy atom. The first kappa shape index (κ1) is 28.9. The summed E-state index contributed by atoms with van der Waals surface area (Å²) >= 11 is 0. The van der Waals surface area contributed by atoms with Gasteiger partial charge < -0.3 is 35.4 Å². The van der Waals surface area contributed by atoms with E-state index in [9.17, 15) is 4.79 Å². The molecule has 7 heteroatoms. The smallest absolute Gasteiger partial charge is 0.542 e. The fourth-order valence-corrected chi connectivity index (χ4v) is 1.31. The van der Waals surface area contributed by atoms with Crippen LogP contribution in [0.1, 0.15) is 27.2 Å². The fourth-order valence-electron chi connectivity index (χ4n) is 1.31. The Balaban J connectivity index is -0.00000141. The zero-order valence-corrected chi connectivity index (χ0v) is 18.4. The van der Waals surface area contributed by atoms with Crippen LogP contribution in [-0.2, 0) is 49.5 Å². The van der Waals surface area contributed by atoms with Gasteiger partial charge in [-0.2, -0.15) is 6.92 Å². The molecule has 0 radical (unpaired) electrons. The van der Waals surface area contributed by atoms with Crippen LogP contribution in [0.15, 0.2) is 0 Å². The first-order chi connectivity index (χ1) is 11.3. The molecule has 0 rings (SSSR count). The third kappa shape index (κ3) is 30.1. The second-order valence-electron chi connectivity index (χ2n) is 4.81. The van der Waals surface area contributed by atoms with Gasteiger partial charge in [-0.3, -0.25) is 6.29 Å². The second-order valence-corrected chi connectivity index (χ2v) is 4.81. The van der Waals surface area contributed by atoms with Gasteiger partial charge in [0.1, 0.15) is 0 Å². The molecule has 0 aromatic rings. The Hall–Kier alpha value is 0.158. The number of ether oxygens (including phenoxy) is 5. The second kappa shape index (κ2) is 28.0. The van der Waals surface area contributed by atoms with Crippen molar-refractivity contribution in [3.63, 3.8) is 0 Å². The molecule has 0 saturated carbocycles. The van der Waals surface area contributed by atoms with E-state index in [1.807, 2.05) is 0 Å². The van der Waals surface area contributed by atoms with Crippen molar-refractivity contribution in [2.45, 2.75) is 27.2 Å². The van der Waals surface area contributed by atoms with Crippen molar-refractivity contribution in [2.24, 2.45) is 5.92 Å². The summed E-state index contributed by atoms with van der Waals surface area (Å²) < 4.78 is 26.5. The summed E-state index contributed by atoms with van der Waals surface area (Å²) in [7, 11) is 0. The monoisotopic (exact) mass is 518 g/mol. The molecule has 0 amide bonds. The van der Waals surface area contributed by atoms with E-state index in [1.165, 1.54) is 0 Å². The molecular formula is C17H34O6W. The van der Waals surface area contributed by atoms with Crippen molar-refractivity contribution in [1.82, 2.24) is 0 Å². The van der Waals surface area contributed by atoms with Crippen molar-refractivity contribution in [3.8, 4) is 0 Å². The Labute approximate surface area is 162 Å². The molecule has 0 aromatic heterocycles. The van der Waals surface area contributed by atoms with Crippen molar-refractivity contribution in [3.05, 3.63) is 6.92 Å². The Kier molecular flexibility index (Phi) is 33.7. The van der Waals surface area contributed by atoms with E-state index >= 15 is 0 Å². The van der Waals surface area contributed by atoms with Crippen LogP contribution in [0, 0.1) is 12.8 Å². The van der Waals surface area contributed by atoms with E-state index in [1.54, 1.807) is 13.2 Å². The summed E-state index contributed by atoms with van der Waals surface area (Å²) in [6.07, 6.45) is 2.07. The fraction of sp³-hybridized carbons (Fsp3) is 0.882. The van der Waals surface area contributed by atoms with Gasteiger partial charge in [0, 0.05) is 13.2 Å². The normalized spacial score (nSPS) is 10.0. The quantitative estimate of drug-likeness (QED) is 0.217. The van der Waals surface area contributed by atoms with E-state index in [0.29, 0.717) is 71.8 Å². The molecule has 6 nitrogen and oxygen atoms in total. The van der Waals surface area contributed by atoms with Gasteiger partial charge in [0.05, 0.1) is 52.9 Å². The zero-order valence-electron chi connectivity index (χ0n) is 15.4. The number of carbonyl (C=O) groups excluding carboxylic acids is 1. The molecule has 0 spiro atoms. The van der Waals surface area contributed by atoms with Crippen LogP contribution >= 0.6 is 0 Å². The Bertz CT molecular complexity index is 217. The maximum Gasteiger partial charge on any atom is 2.00 e. The molecule has 0 N–H and O–H groups in total. The van der Waals surface area contributed by atoms with Crippen molar-refractivity contribution in [2.75, 3.05) is 66.1 Å². The number of rotatable bonds is 17. The maximum atomic E-state index is 9.90. The van der Waals surface area contributed by atoms with Gasteiger partial charge in [-0.05, 0) is 5.92 Å². The van der Waals surface area contributed by atoms with Crippen LogP contribution in [0.25, 0.3) is 0 Å². The van der Waals surface area contributed by atoms with E-state index in [2.05, 4.69) is 20.8 Å². The van der Waals surface area contributed by atoms with Gasteiger partial charge in [-0.1, -0.05) is 13.8 Å². The van der Waals surface area contributed by atoms with E-state index in [0.717, 1.165) is 6.61 Å². The largest absolute Gasteiger partial charge is 2.00 e. The third-order valence-corrected chi connectivity index (χ3v) is 2.29. The Morgan fingerprint density at radius 2 is 1.04 bits per heavy atom. The summed E-state index contributed by atoms with van der Waals surface area (Å²) in [6.45, 7) is 14.8. The Morgan fingerprint density at radius 1 is 0.708 bits per heavy atom. The van der Waals surface area contributed by atoms with Gasteiger partial charge in [-0.25, -0.2) is 0 Å². The van der Waals surface area contributed by atoms with Crippen LogP contribution in [0.4, 0.5) is 0 Å². The molecule has 0 saturated heterocycles. The van der Waals surface area contributed by atoms with Gasteiger partial charge in [0.15, 0.2) is 0 Å². The molecule has 0 aliphatic heterocycles. The van der Waals surface area contributed by atoms with Gasteiger partial charge in [-0.15, -0.1) is 6.42 Å². The summed E-state index contributed by atoms with van der Waals surface area (Å²) in [6, 6.07) is 0. The molecule has 0 bridgehead atoms. The van der Waals surface area contributed by atoms with Crippen molar-refractivity contribution < 1.29 is 49.5 Å². The van der Waals surface area contributed by atoms with Gasteiger partial charge >= 0.3 is 21.1 Å². The third-order valence-electron chi connectivity index (χ3n) is 2.29. The standard InChI is InChI=1S/C15H29O6.C2H5.W/c1-15(2)14-21-13-12-20-11-10-19-9-8-18-7-6-17-5-3-4-16;1-2;/h15H,3,5-14H2,1-2H3;1H2,2H3;/q2*-1;+2. The predicted octanol–water partition coefficient (Wildman–Crippen LogP) is 2.06. The molecule has 24 heavy (non-hydrogen) atoms. The van der Waals surface area contributed by atoms with Crippen LogP contribution in [0.5, 0.6) is 0 Å². The summed E-state index contributed by atoms with van der Waals surface area (Å²) in [5, 5.41) is 0. The average molecular weight is 518 g/mol. The van der Waals surface area contributed by atoms with Crippen LogP contribution in [0.3, 0.4) is 0 Å². The topological polar surface area (TPSA) is 63.2 Å². The summed E-state index contributed by atoms with van der Waals surface area (Å²) in [5.41, 5.74) is 0. The average Bonchev–Trinajstić information content (AvgIpc) is 2.56. The molecule has 0 aliphatic carbocycles. The van der Waals surface area contributed by atoms with E-state index in [4.69, 9.17) is 23.7 Å². The first-order valence-corrected chi connectivity index (χ1v) is 8.21. The molecule has 0 aromatic carbocycles. The minimum atomic E-state index is 0. The molecule has 0 fully saturated rings. The number of hydrogen-bond acceptors (Lipinski definition) is 6. The van der Waals surface area contributed by atoms with Crippen LogP contribution in [-0.4, -0.2) is 72.4 Å². The summed E-state index contributed by atoms with van der Waals surface area (Å²) in [5.74, 6) is 0.557. The molecular weight excluding hydrogens is 484 g/mol. The molecule has 0 heterocycles. The molecule has 144 valence electrons. The minimum absolute atomic E-state index is 0. The molecule has 0 atom stereocenters. The van der Waals surface area contributed by atoms with Crippen molar-refractivity contribution >= 4 is 6.29 Å². The maximum absolute atomic E-state index is 9.90. The predicted molar refractivity (Wildman–Crippen MR) is 90.3 cm³/mol. The minimum Gasteiger partial charge on any atom is -0.542 e. The van der Waals surface area contributed by atoms with Gasteiger partial charge in [0.25, 0.3) is 0 Å². The van der Waals surface area contributed by atoms with Crippen molar-refractivity contribution in [1.29, 1.82) is 0 Å². The molecule has 0 unspecified atom stereocenters. The number of hydrogen-bond donors (Lipinski definition) is 0. The van der Waals surface area contributed by atoms with E-state index in [-0.39, 0.29) is 21.1 Å². The van der Waals surface area contributed by atoms with Gasteiger partial charge in [0.2, 0.25) is 0 Å². The SMILES string of the molecule is CC(C)COCCOCCOCCOCCOCC[C-]=O.[CH2-]C.[W+2]. The van der Waals surface area contributed by atoms with Crippen LogP contribution in [0.2, 0.25) is 0 Å². The van der Waals surface area contributed by atoms with E-state index < -0.39 is 0 Å². The van der Waals surface area contributed by atoms with Crippen LogP contribution < -0.4 is 0 Å². The zero-order chi connectivity index (χ0) is 17.6. The molecule has 0 aliphatic rings.